The summed E-state index contributed by atoms with van der Waals surface area (Å²) in [4.78, 5) is 23.6. The maximum Gasteiger partial charge on any atom is 0.434 e. The first-order valence-electron chi connectivity index (χ1n) is 7.07. The number of carbonyl (C=O) groups is 2. The van der Waals surface area contributed by atoms with Crippen LogP contribution < -0.4 is 10.6 Å². The average molecular weight is 391 g/mol. The monoisotopic (exact) mass is 390 g/mol. The zero-order valence-corrected chi connectivity index (χ0v) is 13.7. The molecule has 0 fully saturated rings. The first kappa shape index (κ1) is 18.0. The molecule has 2 amide bonds. The molecular weight excluding hydrogens is 381 g/mol. The van der Waals surface area contributed by atoms with E-state index in [4.69, 9.17) is 16.0 Å². The average Bonchev–Trinajstić information content (AvgIpc) is 2.98. The number of carbonyl (C=O) groups excluding carboxylic acids is 2. The van der Waals surface area contributed by atoms with Crippen LogP contribution in [0.1, 0.15) is 22.1 Å². The third kappa shape index (κ3) is 3.05. The Bertz CT molecular complexity index is 885. The largest absolute Gasteiger partial charge is 0.434 e. The molecule has 26 heavy (non-hydrogen) atoms. The molecule has 138 valence electrons. The molecule has 0 bridgehead atoms. The van der Waals surface area contributed by atoms with Crippen molar-refractivity contribution >= 4 is 29.3 Å². The van der Waals surface area contributed by atoms with Crippen molar-refractivity contribution in [3.8, 4) is 0 Å². The van der Waals surface area contributed by atoms with Crippen molar-refractivity contribution < 1.29 is 31.9 Å². The first-order chi connectivity index (χ1) is 12.1. The second-order valence-corrected chi connectivity index (χ2v) is 5.77. The second kappa shape index (κ2) is 6.16. The number of hydrogen-bond donors (Lipinski definition) is 2. The Hall–Kier alpha value is -2.82. The summed E-state index contributed by atoms with van der Waals surface area (Å²) in [5.74, 6) is -1.51. The van der Waals surface area contributed by atoms with Crippen LogP contribution in [0.3, 0.4) is 0 Å². The van der Waals surface area contributed by atoms with Crippen molar-refractivity contribution in [3.63, 3.8) is 0 Å². The number of anilines is 1. The smallest absolute Gasteiger partial charge is 0.426 e. The third-order valence-electron chi connectivity index (χ3n) is 3.60. The van der Waals surface area contributed by atoms with Crippen LogP contribution in [0.2, 0.25) is 5.02 Å². The number of ether oxygens (including phenoxy) is 1. The summed E-state index contributed by atoms with van der Waals surface area (Å²) in [5.41, 5.74) is -3.72. The number of amides is 2. The lowest BCUT2D eigenvalue weighted by molar-refractivity contribution is -0.261. The lowest BCUT2D eigenvalue weighted by Gasteiger charge is -2.39. The summed E-state index contributed by atoms with van der Waals surface area (Å²) in [5, 5.41) is 11.0. The number of alkyl halides is 3. The Morgan fingerprint density at radius 3 is 2.73 bits per heavy atom. The quantitative estimate of drug-likeness (QED) is 0.834. The minimum absolute atomic E-state index is 0.00373. The number of cyclic esters (lactones) is 1. The summed E-state index contributed by atoms with van der Waals surface area (Å²) >= 11 is 5.80. The van der Waals surface area contributed by atoms with Crippen molar-refractivity contribution in [3.05, 3.63) is 40.6 Å². The van der Waals surface area contributed by atoms with Gasteiger partial charge in [0.1, 0.15) is 0 Å². The number of hydrogen-bond acceptors (Lipinski definition) is 6. The fourth-order valence-corrected chi connectivity index (χ4v) is 2.59. The van der Waals surface area contributed by atoms with Crippen molar-refractivity contribution in [2.75, 3.05) is 11.9 Å². The zero-order chi connectivity index (χ0) is 19.1. The fraction of sp³-hybridized carbons (Fsp3) is 0.286. The topological polar surface area (TPSA) is 106 Å². The highest BCUT2D eigenvalue weighted by Gasteiger charge is 2.62. The van der Waals surface area contributed by atoms with Gasteiger partial charge in [-0.1, -0.05) is 11.6 Å². The molecule has 1 aromatic heterocycles. The lowest BCUT2D eigenvalue weighted by Crippen LogP contribution is -2.56. The van der Waals surface area contributed by atoms with E-state index in [1.165, 1.54) is 19.1 Å². The molecule has 0 aliphatic carbocycles. The number of fused-ring (bicyclic) bond motifs is 1. The number of aromatic nitrogens is 2. The van der Waals surface area contributed by atoms with Gasteiger partial charge in [-0.05, 0) is 18.2 Å². The van der Waals surface area contributed by atoms with Crippen molar-refractivity contribution in [2.45, 2.75) is 18.7 Å². The molecule has 1 aliphatic rings. The second-order valence-electron chi connectivity index (χ2n) is 5.34. The SMILES string of the molecule is Cc1nnc(C(=O)NCC2(C(F)(F)F)OC(=O)Nc3ccc(Cl)cc32)o1. The molecule has 0 radical (unpaired) electrons. The maximum absolute atomic E-state index is 13.9. The Morgan fingerprint density at radius 1 is 1.38 bits per heavy atom. The Labute approximate surface area is 148 Å². The van der Waals surface area contributed by atoms with Gasteiger partial charge in [0.05, 0.1) is 12.2 Å². The molecule has 2 heterocycles. The maximum atomic E-state index is 13.9. The fourth-order valence-electron chi connectivity index (χ4n) is 2.42. The molecule has 2 N–H and O–H groups in total. The van der Waals surface area contributed by atoms with Gasteiger partial charge in [-0.2, -0.15) is 13.2 Å². The number of nitrogens with zero attached hydrogens (tertiary/aromatic N) is 2. The zero-order valence-electron chi connectivity index (χ0n) is 13.0. The minimum Gasteiger partial charge on any atom is -0.426 e. The van der Waals surface area contributed by atoms with Gasteiger partial charge in [0.2, 0.25) is 5.89 Å². The molecule has 1 unspecified atom stereocenters. The van der Waals surface area contributed by atoms with E-state index < -0.39 is 41.8 Å². The highest BCUT2D eigenvalue weighted by atomic mass is 35.5. The number of rotatable bonds is 3. The summed E-state index contributed by atoms with van der Waals surface area (Å²) in [7, 11) is 0. The third-order valence-corrected chi connectivity index (χ3v) is 3.83. The number of benzene rings is 1. The van der Waals surface area contributed by atoms with E-state index in [9.17, 15) is 22.8 Å². The lowest BCUT2D eigenvalue weighted by atomic mass is 9.89. The summed E-state index contributed by atoms with van der Waals surface area (Å²) < 4.78 is 51.1. The van der Waals surface area contributed by atoms with E-state index in [0.29, 0.717) is 0 Å². The predicted molar refractivity (Wildman–Crippen MR) is 80.7 cm³/mol. The molecule has 0 saturated heterocycles. The van der Waals surface area contributed by atoms with Crippen LogP contribution in [0.4, 0.5) is 23.7 Å². The molecule has 1 atom stereocenters. The summed E-state index contributed by atoms with van der Waals surface area (Å²) in [6, 6.07) is 3.53. The standard InChI is InChI=1S/C14H10ClF3N4O4/c1-6-21-22-11(25-6)10(23)19-5-13(14(16,17)18)8-4-7(15)2-3-9(8)20-12(24)26-13/h2-4H,5H2,1H3,(H,19,23)(H,20,24). The summed E-state index contributed by atoms with van der Waals surface area (Å²) in [6.45, 7) is 0.297. The molecule has 2 aromatic rings. The number of halogens is 4. The van der Waals surface area contributed by atoms with Gasteiger partial charge >= 0.3 is 24.1 Å². The van der Waals surface area contributed by atoms with E-state index in [0.717, 1.165) is 6.07 Å². The predicted octanol–water partition coefficient (Wildman–Crippen LogP) is 2.78. The first-order valence-corrected chi connectivity index (χ1v) is 7.45. The Morgan fingerprint density at radius 2 is 2.12 bits per heavy atom. The van der Waals surface area contributed by atoms with Crippen LogP contribution in [-0.4, -0.2) is 34.9 Å². The van der Waals surface area contributed by atoms with Crippen molar-refractivity contribution in [1.29, 1.82) is 0 Å². The van der Waals surface area contributed by atoms with E-state index in [2.05, 4.69) is 20.3 Å². The van der Waals surface area contributed by atoms with Crippen LogP contribution in [-0.2, 0) is 10.3 Å². The molecule has 1 aromatic carbocycles. The van der Waals surface area contributed by atoms with Crippen LogP contribution in [0.15, 0.2) is 22.6 Å². The van der Waals surface area contributed by atoms with Crippen molar-refractivity contribution in [2.24, 2.45) is 0 Å². The minimum atomic E-state index is -5.05. The van der Waals surface area contributed by atoms with Crippen LogP contribution >= 0.6 is 11.6 Å². The number of aryl methyl sites for hydroxylation is 1. The van der Waals surface area contributed by atoms with E-state index in [-0.39, 0.29) is 16.6 Å². The Balaban J connectivity index is 1.99. The Kier molecular flexibility index (Phi) is 4.26. The summed E-state index contributed by atoms with van der Waals surface area (Å²) in [6.07, 6.45) is -6.37. The molecule has 8 nitrogen and oxygen atoms in total. The van der Waals surface area contributed by atoms with Crippen LogP contribution in [0, 0.1) is 6.92 Å². The molecule has 1 aliphatic heterocycles. The van der Waals surface area contributed by atoms with E-state index >= 15 is 0 Å². The normalized spacial score (nSPS) is 19.3. The van der Waals surface area contributed by atoms with E-state index in [1.807, 2.05) is 5.32 Å². The van der Waals surface area contributed by atoms with Crippen molar-refractivity contribution in [1.82, 2.24) is 15.5 Å². The molecule has 12 heteroatoms. The van der Waals surface area contributed by atoms with Gasteiger partial charge in [0.15, 0.2) is 0 Å². The number of nitrogens with one attached hydrogen (secondary N) is 2. The van der Waals surface area contributed by atoms with E-state index in [1.54, 1.807) is 0 Å². The van der Waals surface area contributed by atoms with Crippen LogP contribution in [0.5, 0.6) is 0 Å². The molecule has 0 saturated carbocycles. The van der Waals surface area contributed by atoms with Crippen LogP contribution in [0.25, 0.3) is 0 Å². The van der Waals surface area contributed by atoms with Gasteiger partial charge in [-0.15, -0.1) is 10.2 Å². The van der Waals surface area contributed by atoms with Gasteiger partial charge in [0.25, 0.3) is 5.60 Å². The highest BCUT2D eigenvalue weighted by molar-refractivity contribution is 6.30. The molecular formula is C14H10ClF3N4O4. The molecule has 3 rings (SSSR count). The van der Waals surface area contributed by atoms with Gasteiger partial charge < -0.3 is 14.5 Å². The highest BCUT2D eigenvalue weighted by Crippen LogP contribution is 2.47. The molecule has 0 spiro atoms. The van der Waals surface area contributed by atoms with Gasteiger partial charge in [0, 0.05) is 17.5 Å². The van der Waals surface area contributed by atoms with Gasteiger partial charge in [-0.3, -0.25) is 10.1 Å². The van der Waals surface area contributed by atoms with Gasteiger partial charge in [-0.25, -0.2) is 4.79 Å².